The Kier molecular flexibility index (Phi) is 27.2. The van der Waals surface area contributed by atoms with Gasteiger partial charge >= 0.3 is 11.9 Å². The lowest BCUT2D eigenvalue weighted by Gasteiger charge is -2.71. The number of ether oxygens (including phenoxy) is 15. The Hall–Kier alpha value is -3.08. The van der Waals surface area contributed by atoms with Crippen LogP contribution >= 0.6 is 0 Å². The predicted octanol–water partition coefficient (Wildman–Crippen LogP) is -2.76. The van der Waals surface area contributed by atoms with Gasteiger partial charge in [0, 0.05) is 5.57 Å². The standard InChI is InChI=1S/C78H124O35/c1-12-74(8,98)19-13-14-33(2)63(96)108-60-50(88)41(27-79)105-70(62(60)112-67-56(94)52(90)58(34(3)104-67)109-66-57(95)59(40(83)31-101-66)110-64-53(91)46(84)37(80)28-99-64)113-71(97)78-24-22-72(4,5)26-36(78)35-15-16-44-75(9)20-18-45(73(6,7)43(75)17-21-77(44,11)76(35,10)23-25-78)107-68-55(93)51(89)49(87)42(106-68)32-103-69-61(48(86)39(82)30-102-69)111-65-54(92)47(85)38(81)29-100-65/h12,14-15,34,36-62,64-70,79-95,98H,1,13,16-32H2,2-11H3/b33-14+/t34?,36?,37-,38-,39+,40-,41-,42-,43?,44?,45+,46+,47+,48+,49-,50-,51+,52?,53-,54-,55-,56?,57-,58?,59+,60+,61-,62-,64?,65?,66?,67?,68+,69?,70+,74?,75+,76-,77-,78+/m1/s1. The van der Waals surface area contributed by atoms with E-state index < -0.39 is 276 Å². The largest absolute Gasteiger partial charge is 0.453 e. The van der Waals surface area contributed by atoms with Crippen LogP contribution in [0, 0.1) is 50.2 Å². The molecule has 0 amide bonds. The molecule has 35 nitrogen and oxygen atoms in total. The molecule has 35 heteroatoms. The van der Waals surface area contributed by atoms with E-state index in [1.54, 1.807) is 6.92 Å². The molecular formula is C78H124O35. The molecule has 40 atom stereocenters. The van der Waals surface area contributed by atoms with Crippen LogP contribution in [-0.2, 0) is 80.6 Å². The van der Waals surface area contributed by atoms with E-state index in [9.17, 15) is 96.7 Å². The number of carbonyl (C=O) groups is 2. The fourth-order valence-electron chi connectivity index (χ4n) is 20.8. The summed E-state index contributed by atoms with van der Waals surface area (Å²) in [4.78, 5) is 30.4. The Balaban J connectivity index is 0.765. The van der Waals surface area contributed by atoms with Gasteiger partial charge in [-0.05, 0) is 143 Å². The number of allylic oxidation sites excluding steroid dienone is 3. The minimum absolute atomic E-state index is 0.0263. The first-order valence-electron chi connectivity index (χ1n) is 40.0. The molecule has 7 aliphatic heterocycles. The van der Waals surface area contributed by atoms with Crippen molar-refractivity contribution in [3.8, 4) is 0 Å². The predicted molar refractivity (Wildman–Crippen MR) is 383 cm³/mol. The lowest BCUT2D eigenvalue weighted by atomic mass is 9.33. The minimum atomic E-state index is -2.09. The van der Waals surface area contributed by atoms with Gasteiger partial charge in [-0.2, -0.15) is 0 Å². The number of aliphatic hydroxyl groups excluding tert-OH is 17. The van der Waals surface area contributed by atoms with Crippen molar-refractivity contribution in [2.75, 3.05) is 39.6 Å². The lowest BCUT2D eigenvalue weighted by Crippen LogP contribution is -2.67. The third-order valence-electron chi connectivity index (χ3n) is 28.2. The first-order valence-corrected chi connectivity index (χ1v) is 40.0. The third-order valence-corrected chi connectivity index (χ3v) is 28.2. The summed E-state index contributed by atoms with van der Waals surface area (Å²) in [5.74, 6) is -1.96. The number of aliphatic hydroxyl groups is 18. The molecule has 0 radical (unpaired) electrons. The molecule has 11 fully saturated rings. The van der Waals surface area contributed by atoms with Crippen molar-refractivity contribution in [1.82, 2.24) is 0 Å². The van der Waals surface area contributed by atoms with Crippen molar-refractivity contribution in [2.45, 2.75) is 349 Å². The van der Waals surface area contributed by atoms with Crippen molar-refractivity contribution >= 4 is 11.9 Å². The van der Waals surface area contributed by atoms with Crippen LogP contribution in [0.4, 0.5) is 0 Å². The average Bonchev–Trinajstić information content (AvgIpc) is 0.674. The van der Waals surface area contributed by atoms with Gasteiger partial charge in [-0.1, -0.05) is 72.3 Å². The number of fused-ring (bicyclic) bond motifs is 7. The van der Waals surface area contributed by atoms with Gasteiger partial charge in [0.05, 0.1) is 62.9 Å². The molecule has 7 saturated heterocycles. The first kappa shape index (κ1) is 89.2. The van der Waals surface area contributed by atoms with Crippen LogP contribution in [0.5, 0.6) is 0 Å². The Morgan fingerprint density at radius 3 is 1.73 bits per heavy atom. The summed E-state index contributed by atoms with van der Waals surface area (Å²) in [5.41, 5.74) is -3.37. The fourth-order valence-corrected chi connectivity index (χ4v) is 20.8. The van der Waals surface area contributed by atoms with E-state index in [4.69, 9.17) is 71.1 Å². The van der Waals surface area contributed by atoms with Gasteiger partial charge in [0.15, 0.2) is 49.9 Å². The van der Waals surface area contributed by atoms with E-state index in [1.165, 1.54) is 26.0 Å². The van der Waals surface area contributed by atoms with Crippen LogP contribution in [0.2, 0.25) is 0 Å². The summed E-state index contributed by atoms with van der Waals surface area (Å²) in [6.07, 6.45) is -41.2. The molecular weight excluding hydrogens is 1500 g/mol. The highest BCUT2D eigenvalue weighted by Crippen LogP contribution is 2.76. The molecule has 646 valence electrons. The maximum Gasteiger partial charge on any atom is 0.333 e. The van der Waals surface area contributed by atoms with E-state index >= 15 is 4.79 Å². The molecule has 13 unspecified atom stereocenters. The summed E-state index contributed by atoms with van der Waals surface area (Å²) in [7, 11) is 0. The summed E-state index contributed by atoms with van der Waals surface area (Å²) in [5, 5.41) is 198. The SMILES string of the molecule is C=CC(C)(O)CC/C=C(\C)C(=O)O[C@H]1[C@H](O)[C@@H](CO)O[C@@H](OC(=O)[C@]23CCC(C)(C)CC2C2=CCC4[C@@]5(C)CC[C@H](O[C@@H]6O[C@H](COC7OC[C@H](O)[C@H](O)[C@H]7OC7OC[C@@H](O)[C@H](O)[C@H]7O)[C@@H](O)[C@H](O)[C@H]6O)C(C)(C)C5CC[C@@]4(C)[C@]2(C)CC3)[C@@H]1OC1OC(C)C(OC2OC[C@@H](O)[C@H](OC3OC[C@@H](O)[C@H](O)[C@H]3O)[C@H]2O)C(O)C1O. The molecule has 0 aromatic carbocycles. The highest BCUT2D eigenvalue weighted by molar-refractivity contribution is 5.88. The van der Waals surface area contributed by atoms with Crippen molar-refractivity contribution < 1.29 is 173 Å². The van der Waals surface area contributed by atoms with Crippen molar-refractivity contribution in [2.24, 2.45) is 50.2 Å². The van der Waals surface area contributed by atoms with Crippen molar-refractivity contribution in [3.63, 3.8) is 0 Å². The van der Waals surface area contributed by atoms with Crippen LogP contribution in [0.3, 0.4) is 0 Å². The molecule has 4 saturated carbocycles. The monoisotopic (exact) mass is 1620 g/mol. The lowest BCUT2D eigenvalue weighted by molar-refractivity contribution is -0.379. The smallest absolute Gasteiger partial charge is 0.333 e. The molecule has 0 spiro atoms. The zero-order valence-corrected chi connectivity index (χ0v) is 65.9. The summed E-state index contributed by atoms with van der Waals surface area (Å²) in [6, 6.07) is 0. The average molecular weight is 1620 g/mol. The highest BCUT2D eigenvalue weighted by atomic mass is 16.8. The van der Waals surface area contributed by atoms with E-state index in [-0.39, 0.29) is 46.5 Å². The second kappa shape index (κ2) is 34.4. The van der Waals surface area contributed by atoms with Gasteiger partial charge in [-0.25, -0.2) is 4.79 Å². The van der Waals surface area contributed by atoms with Crippen LogP contribution < -0.4 is 0 Å². The molecule has 12 aliphatic rings. The first-order chi connectivity index (χ1) is 53.0. The second-order valence-electron chi connectivity index (χ2n) is 36.3. The Bertz CT molecular complexity index is 3330. The molecule has 5 aliphatic carbocycles. The van der Waals surface area contributed by atoms with E-state index in [0.717, 1.165) is 18.4 Å². The van der Waals surface area contributed by atoms with Crippen LogP contribution in [0.1, 0.15) is 146 Å². The second-order valence-corrected chi connectivity index (χ2v) is 36.3. The van der Waals surface area contributed by atoms with Gasteiger partial charge in [0.1, 0.15) is 128 Å². The summed E-state index contributed by atoms with van der Waals surface area (Å²) < 4.78 is 90.4. The van der Waals surface area contributed by atoms with Gasteiger partial charge in [0.2, 0.25) is 6.29 Å². The highest BCUT2D eigenvalue weighted by Gasteiger charge is 2.71. The maximum atomic E-state index is 16.1. The molecule has 12 rings (SSSR count). The number of carbonyl (C=O) groups excluding carboxylic acids is 2. The number of rotatable bonds is 22. The fraction of sp³-hybridized carbons (Fsp3) is 0.897. The molecule has 7 heterocycles. The van der Waals surface area contributed by atoms with E-state index in [1.807, 2.05) is 0 Å². The zero-order chi connectivity index (χ0) is 82.5. The van der Waals surface area contributed by atoms with Gasteiger partial charge in [0.25, 0.3) is 0 Å². The molecule has 0 aromatic heterocycles. The number of esters is 2. The summed E-state index contributed by atoms with van der Waals surface area (Å²) in [6.45, 7) is 20.5. The quantitative estimate of drug-likeness (QED) is 0.0226. The Morgan fingerprint density at radius 2 is 1.09 bits per heavy atom. The normalized spacial score (nSPS) is 50.6. The Morgan fingerprint density at radius 1 is 0.540 bits per heavy atom. The topological polar surface area (TPSA) is 537 Å². The van der Waals surface area contributed by atoms with E-state index in [0.29, 0.717) is 51.4 Å². The van der Waals surface area contributed by atoms with Crippen molar-refractivity contribution in [1.29, 1.82) is 0 Å². The van der Waals surface area contributed by atoms with Gasteiger partial charge in [-0.15, -0.1) is 6.58 Å². The number of hydrogen-bond acceptors (Lipinski definition) is 35. The van der Waals surface area contributed by atoms with Crippen molar-refractivity contribution in [3.05, 3.63) is 36.0 Å². The minimum Gasteiger partial charge on any atom is -0.453 e. The number of hydrogen-bond donors (Lipinski definition) is 18. The summed E-state index contributed by atoms with van der Waals surface area (Å²) >= 11 is 0. The maximum absolute atomic E-state index is 16.1. The van der Waals surface area contributed by atoms with Crippen LogP contribution in [-0.4, -0.2) is 346 Å². The van der Waals surface area contributed by atoms with Crippen LogP contribution in [0.25, 0.3) is 0 Å². The molecule has 0 aromatic rings. The Labute approximate surface area is 656 Å². The van der Waals surface area contributed by atoms with Crippen LogP contribution in [0.15, 0.2) is 36.0 Å². The van der Waals surface area contributed by atoms with Gasteiger partial charge < -0.3 is 163 Å². The van der Waals surface area contributed by atoms with Gasteiger partial charge in [-0.3, -0.25) is 4.79 Å². The molecule has 18 N–H and O–H groups in total. The molecule has 0 bridgehead atoms. The molecule has 113 heavy (non-hydrogen) atoms. The third kappa shape index (κ3) is 17.0. The van der Waals surface area contributed by atoms with E-state index in [2.05, 4.69) is 61.1 Å². The zero-order valence-electron chi connectivity index (χ0n) is 65.9.